The lowest BCUT2D eigenvalue weighted by Crippen LogP contribution is -2.43. The second-order valence-corrected chi connectivity index (χ2v) is 8.32. The third-order valence-electron chi connectivity index (χ3n) is 6.06. The summed E-state index contributed by atoms with van der Waals surface area (Å²) in [4.78, 5) is 15.0. The third-order valence-corrected chi connectivity index (χ3v) is 6.06. The number of hydrogen-bond acceptors (Lipinski definition) is 6. The molecule has 1 aliphatic rings. The summed E-state index contributed by atoms with van der Waals surface area (Å²) in [6, 6.07) is 17.8. The average Bonchev–Trinajstić information content (AvgIpc) is 2.87. The van der Waals surface area contributed by atoms with Gasteiger partial charge in [0.25, 0.3) is 0 Å². The fourth-order valence-corrected chi connectivity index (χ4v) is 4.10. The van der Waals surface area contributed by atoms with E-state index in [1.807, 2.05) is 30.3 Å². The quantitative estimate of drug-likeness (QED) is 0.591. The molecule has 1 saturated heterocycles. The highest BCUT2D eigenvalue weighted by Crippen LogP contribution is 2.26. The summed E-state index contributed by atoms with van der Waals surface area (Å²) in [5.74, 6) is 2.17. The molecule has 0 bridgehead atoms. The Bertz CT molecular complexity index is 1080. The van der Waals surface area contributed by atoms with Crippen LogP contribution in [0, 0.1) is 12.8 Å². The summed E-state index contributed by atoms with van der Waals surface area (Å²) in [6.45, 7) is 3.97. The number of ether oxygens (including phenoxy) is 2. The summed E-state index contributed by atoms with van der Waals surface area (Å²) in [5.41, 5.74) is 4.02. The second-order valence-electron chi connectivity index (χ2n) is 8.32. The van der Waals surface area contributed by atoms with Gasteiger partial charge in [-0.1, -0.05) is 29.8 Å². The van der Waals surface area contributed by atoms with E-state index in [0.29, 0.717) is 18.8 Å². The molecule has 1 aromatic heterocycles. The van der Waals surface area contributed by atoms with Crippen LogP contribution in [0.5, 0.6) is 11.5 Å². The Morgan fingerprint density at radius 1 is 1.06 bits per heavy atom. The zero-order valence-electron chi connectivity index (χ0n) is 19.4. The van der Waals surface area contributed by atoms with E-state index in [9.17, 15) is 4.79 Å². The Morgan fingerprint density at radius 3 is 2.58 bits per heavy atom. The zero-order chi connectivity index (χ0) is 23.2. The van der Waals surface area contributed by atoms with Crippen LogP contribution in [0.4, 0.5) is 5.82 Å². The molecule has 1 aliphatic heterocycles. The Morgan fingerprint density at radius 2 is 1.88 bits per heavy atom. The molecular formula is C26H30N4O3. The number of hydrogen-bond donors (Lipinski definition) is 1. The molecule has 0 unspecified atom stereocenters. The zero-order valence-corrected chi connectivity index (χ0v) is 19.4. The molecule has 7 heteroatoms. The summed E-state index contributed by atoms with van der Waals surface area (Å²) in [7, 11) is 3.23. The Hall–Kier alpha value is -3.61. The minimum Gasteiger partial charge on any atom is -0.497 e. The number of aromatic nitrogens is 2. The first-order chi connectivity index (χ1) is 16.1. The second kappa shape index (κ2) is 10.3. The molecule has 3 aromatic rings. The number of benzene rings is 2. The highest BCUT2D eigenvalue weighted by molar-refractivity contribution is 5.79. The number of aryl methyl sites for hydroxylation is 1. The number of nitrogens with zero attached hydrogens (tertiary/aromatic N) is 3. The molecule has 1 amide bonds. The molecule has 0 spiro atoms. The number of carbonyl (C=O) groups excluding carboxylic acids is 1. The van der Waals surface area contributed by atoms with Gasteiger partial charge in [0, 0.05) is 36.8 Å². The number of anilines is 1. The first-order valence-electron chi connectivity index (χ1n) is 11.2. The van der Waals surface area contributed by atoms with Crippen molar-refractivity contribution < 1.29 is 14.3 Å². The number of nitrogens with one attached hydrogen (secondary N) is 1. The summed E-state index contributed by atoms with van der Waals surface area (Å²) < 4.78 is 10.7. The van der Waals surface area contributed by atoms with Crippen LogP contribution in [0.3, 0.4) is 0 Å². The van der Waals surface area contributed by atoms with Gasteiger partial charge in [-0.2, -0.15) is 0 Å². The standard InChI is InChI=1S/C26H30N4O3/c1-18-6-8-19(9-7-18)23-12-13-25(29-28-23)30-14-4-5-21(17-30)26(31)27-16-20-10-11-22(32-2)15-24(20)33-3/h6-13,15,21H,4-5,14,16-17H2,1-3H3,(H,27,31)/t21-/m0/s1. The van der Waals surface area contributed by atoms with Gasteiger partial charge in [0.15, 0.2) is 5.82 Å². The Labute approximate surface area is 194 Å². The topological polar surface area (TPSA) is 76.6 Å². The van der Waals surface area contributed by atoms with E-state index in [4.69, 9.17) is 9.47 Å². The van der Waals surface area contributed by atoms with E-state index in [-0.39, 0.29) is 11.8 Å². The number of methoxy groups -OCH3 is 2. The summed E-state index contributed by atoms with van der Waals surface area (Å²) in [6.07, 6.45) is 1.79. The monoisotopic (exact) mass is 446 g/mol. The van der Waals surface area contributed by atoms with E-state index in [1.165, 1.54) is 5.56 Å². The van der Waals surface area contributed by atoms with Crippen molar-refractivity contribution in [1.29, 1.82) is 0 Å². The fourth-order valence-electron chi connectivity index (χ4n) is 4.10. The van der Waals surface area contributed by atoms with Gasteiger partial charge in [-0.25, -0.2) is 0 Å². The summed E-state index contributed by atoms with van der Waals surface area (Å²) >= 11 is 0. The molecule has 2 heterocycles. The van der Waals surface area contributed by atoms with Gasteiger partial charge in [-0.05, 0) is 44.0 Å². The van der Waals surface area contributed by atoms with Crippen molar-refractivity contribution >= 4 is 11.7 Å². The van der Waals surface area contributed by atoms with Crippen molar-refractivity contribution in [3.8, 4) is 22.8 Å². The number of carbonyl (C=O) groups is 1. The van der Waals surface area contributed by atoms with Gasteiger partial charge in [0.1, 0.15) is 11.5 Å². The molecule has 33 heavy (non-hydrogen) atoms. The van der Waals surface area contributed by atoms with Crippen molar-refractivity contribution in [3.63, 3.8) is 0 Å². The highest BCUT2D eigenvalue weighted by Gasteiger charge is 2.26. The van der Waals surface area contributed by atoms with Crippen LogP contribution in [0.1, 0.15) is 24.0 Å². The number of piperidine rings is 1. The fraction of sp³-hybridized carbons (Fsp3) is 0.346. The molecule has 1 N–H and O–H groups in total. The molecule has 7 nitrogen and oxygen atoms in total. The summed E-state index contributed by atoms with van der Waals surface area (Å²) in [5, 5.41) is 11.9. The van der Waals surface area contributed by atoms with Crippen LogP contribution in [0.25, 0.3) is 11.3 Å². The van der Waals surface area contributed by atoms with Crippen LogP contribution in [0.2, 0.25) is 0 Å². The molecule has 172 valence electrons. The van der Waals surface area contributed by atoms with E-state index in [1.54, 1.807) is 14.2 Å². The predicted octanol–water partition coefficient (Wildman–Crippen LogP) is 4.00. The lowest BCUT2D eigenvalue weighted by Gasteiger charge is -2.32. The largest absolute Gasteiger partial charge is 0.497 e. The van der Waals surface area contributed by atoms with Gasteiger partial charge >= 0.3 is 0 Å². The van der Waals surface area contributed by atoms with Crippen molar-refractivity contribution in [2.75, 3.05) is 32.2 Å². The maximum absolute atomic E-state index is 12.9. The Balaban J connectivity index is 1.37. The van der Waals surface area contributed by atoms with Crippen molar-refractivity contribution in [3.05, 3.63) is 65.7 Å². The van der Waals surface area contributed by atoms with Crippen molar-refractivity contribution in [2.45, 2.75) is 26.3 Å². The van der Waals surface area contributed by atoms with Crippen LogP contribution in [-0.2, 0) is 11.3 Å². The number of amides is 1. The molecule has 4 rings (SSSR count). The lowest BCUT2D eigenvalue weighted by atomic mass is 9.97. The van der Waals surface area contributed by atoms with Gasteiger partial charge in [0.2, 0.25) is 5.91 Å². The van der Waals surface area contributed by atoms with E-state index in [2.05, 4.69) is 51.6 Å². The van der Waals surface area contributed by atoms with Gasteiger partial charge < -0.3 is 19.7 Å². The minimum absolute atomic E-state index is 0.0433. The van der Waals surface area contributed by atoms with Crippen LogP contribution in [-0.4, -0.2) is 43.4 Å². The average molecular weight is 447 g/mol. The van der Waals surface area contributed by atoms with Gasteiger partial charge in [0.05, 0.1) is 25.8 Å². The predicted molar refractivity (Wildman–Crippen MR) is 129 cm³/mol. The number of rotatable bonds is 7. The molecule has 1 fully saturated rings. The molecular weight excluding hydrogens is 416 g/mol. The van der Waals surface area contributed by atoms with E-state index in [0.717, 1.165) is 47.8 Å². The maximum atomic E-state index is 12.9. The van der Waals surface area contributed by atoms with Crippen molar-refractivity contribution in [1.82, 2.24) is 15.5 Å². The normalized spacial score (nSPS) is 15.7. The SMILES string of the molecule is COc1ccc(CNC(=O)[C@H]2CCCN(c3ccc(-c4ccc(C)cc4)nn3)C2)c(OC)c1. The van der Waals surface area contributed by atoms with Gasteiger partial charge in [-0.3, -0.25) is 4.79 Å². The molecule has 2 aromatic carbocycles. The molecule has 0 radical (unpaired) electrons. The van der Waals surface area contributed by atoms with Crippen LogP contribution >= 0.6 is 0 Å². The van der Waals surface area contributed by atoms with Crippen LogP contribution in [0.15, 0.2) is 54.6 Å². The van der Waals surface area contributed by atoms with Crippen molar-refractivity contribution in [2.24, 2.45) is 5.92 Å². The van der Waals surface area contributed by atoms with E-state index < -0.39 is 0 Å². The van der Waals surface area contributed by atoms with E-state index >= 15 is 0 Å². The lowest BCUT2D eigenvalue weighted by molar-refractivity contribution is -0.125. The smallest absolute Gasteiger partial charge is 0.225 e. The van der Waals surface area contributed by atoms with Gasteiger partial charge in [-0.15, -0.1) is 10.2 Å². The highest BCUT2D eigenvalue weighted by atomic mass is 16.5. The first kappa shape index (κ1) is 22.6. The minimum atomic E-state index is -0.0958. The Kier molecular flexibility index (Phi) is 7.07. The molecule has 0 aliphatic carbocycles. The molecule has 1 atom stereocenters. The first-order valence-corrected chi connectivity index (χ1v) is 11.2. The third kappa shape index (κ3) is 5.42. The maximum Gasteiger partial charge on any atom is 0.225 e. The molecule has 0 saturated carbocycles. The van der Waals surface area contributed by atoms with Crippen LogP contribution < -0.4 is 19.7 Å².